The lowest BCUT2D eigenvalue weighted by Crippen LogP contribution is -2.42. The molecule has 3 atom stereocenters. The van der Waals surface area contributed by atoms with Gasteiger partial charge >= 0.3 is 5.97 Å². The van der Waals surface area contributed by atoms with E-state index in [9.17, 15) is 9.59 Å². The van der Waals surface area contributed by atoms with Gasteiger partial charge in [-0.05, 0) is 67.3 Å². The Balaban J connectivity index is 1.53. The topological polar surface area (TPSA) is 73.9 Å². The van der Waals surface area contributed by atoms with Crippen LogP contribution in [0.3, 0.4) is 0 Å². The number of esters is 1. The Morgan fingerprint density at radius 1 is 1.03 bits per heavy atom. The molecule has 2 aromatic carbocycles. The summed E-state index contributed by atoms with van der Waals surface area (Å²) in [6.45, 7) is 4.22. The van der Waals surface area contributed by atoms with Crippen LogP contribution in [0.5, 0.6) is 11.5 Å². The van der Waals surface area contributed by atoms with Crippen LogP contribution >= 0.6 is 11.6 Å². The number of hydrogen-bond acceptors (Lipinski definition) is 6. The third-order valence-electron chi connectivity index (χ3n) is 7.80. The fourth-order valence-corrected chi connectivity index (χ4v) is 6.23. The first kappa shape index (κ1) is 25.4. The van der Waals surface area contributed by atoms with E-state index < -0.39 is 11.8 Å². The lowest BCUT2D eigenvalue weighted by atomic mass is 9.69. The first-order chi connectivity index (χ1) is 17.9. The first-order valence-electron chi connectivity index (χ1n) is 12.8. The molecular formula is C30H32ClNO5. The van der Waals surface area contributed by atoms with E-state index in [1.807, 2.05) is 36.4 Å². The van der Waals surface area contributed by atoms with Crippen molar-refractivity contribution in [2.45, 2.75) is 56.5 Å². The summed E-state index contributed by atoms with van der Waals surface area (Å²) in [5.41, 5.74) is 3.65. The molecule has 37 heavy (non-hydrogen) atoms. The number of ketones is 1. The summed E-state index contributed by atoms with van der Waals surface area (Å²) in [5.74, 6) is -0.441. The van der Waals surface area contributed by atoms with E-state index >= 15 is 0 Å². The van der Waals surface area contributed by atoms with Crippen molar-refractivity contribution in [1.29, 1.82) is 0 Å². The number of hydrogen-bond donors (Lipinski definition) is 1. The van der Waals surface area contributed by atoms with Crippen LogP contribution in [0.15, 0.2) is 66.0 Å². The molecule has 7 heteroatoms. The molecular weight excluding hydrogens is 490 g/mol. The number of Topliss-reactive ketones (excluding diaryl/α,β-unsaturated/α-hetero) is 1. The monoisotopic (exact) mass is 521 g/mol. The van der Waals surface area contributed by atoms with E-state index in [4.69, 9.17) is 25.8 Å². The summed E-state index contributed by atoms with van der Waals surface area (Å²) in [4.78, 5) is 27.4. The van der Waals surface area contributed by atoms with Gasteiger partial charge in [0, 0.05) is 34.3 Å². The highest BCUT2D eigenvalue weighted by Crippen LogP contribution is 2.49. The maximum atomic E-state index is 13.8. The first-order valence-corrected chi connectivity index (χ1v) is 13.2. The number of benzene rings is 2. The Labute approximate surface area is 222 Å². The molecule has 3 unspecified atom stereocenters. The molecule has 1 heterocycles. The Bertz CT molecular complexity index is 1260. The number of rotatable bonds is 6. The van der Waals surface area contributed by atoms with Crippen molar-refractivity contribution < 1.29 is 23.8 Å². The van der Waals surface area contributed by atoms with E-state index in [2.05, 4.69) is 11.9 Å². The standard InChI is InChI=1S/C30H32ClNO5/c1-17-27(30(34)37-20-8-4-5-9-20)28(21-10-6-7-11-22(21)31)29-23(32-17)14-19(15-24(29)33)18-12-13-25(35-2)26(16-18)36-3/h6-7,10-13,16,19-20,27-28,32H,1,4-5,8-9,14-15H2,2-3H3. The molecule has 0 aromatic heterocycles. The summed E-state index contributed by atoms with van der Waals surface area (Å²) in [6.07, 6.45) is 4.68. The Hall–Kier alpha value is -3.25. The van der Waals surface area contributed by atoms with E-state index in [1.165, 1.54) is 0 Å². The molecule has 2 aliphatic carbocycles. The second kappa shape index (κ2) is 10.6. The highest BCUT2D eigenvalue weighted by atomic mass is 35.5. The number of methoxy groups -OCH3 is 2. The van der Waals surface area contributed by atoms with Gasteiger partial charge in [0.15, 0.2) is 17.3 Å². The van der Waals surface area contributed by atoms with Gasteiger partial charge in [0.25, 0.3) is 0 Å². The van der Waals surface area contributed by atoms with Crippen molar-refractivity contribution in [3.63, 3.8) is 0 Å². The van der Waals surface area contributed by atoms with Crippen molar-refractivity contribution in [2.24, 2.45) is 5.92 Å². The van der Waals surface area contributed by atoms with Crippen molar-refractivity contribution in [1.82, 2.24) is 5.32 Å². The number of carbonyl (C=O) groups excluding carboxylic acids is 2. The van der Waals surface area contributed by atoms with Crippen LogP contribution in [-0.2, 0) is 14.3 Å². The number of carbonyl (C=O) groups is 2. The van der Waals surface area contributed by atoms with Crippen LogP contribution in [-0.4, -0.2) is 32.1 Å². The Kier molecular flexibility index (Phi) is 7.29. The predicted molar refractivity (Wildman–Crippen MR) is 142 cm³/mol. The molecule has 0 bridgehead atoms. The van der Waals surface area contributed by atoms with Gasteiger partial charge in [-0.1, -0.05) is 42.4 Å². The van der Waals surface area contributed by atoms with Crippen LogP contribution < -0.4 is 14.8 Å². The average molecular weight is 522 g/mol. The Morgan fingerprint density at radius 2 is 1.76 bits per heavy atom. The molecule has 0 radical (unpaired) electrons. The second-order valence-electron chi connectivity index (χ2n) is 10.0. The molecule has 1 N–H and O–H groups in total. The molecule has 0 amide bonds. The molecule has 1 saturated carbocycles. The zero-order valence-electron chi connectivity index (χ0n) is 21.2. The maximum absolute atomic E-state index is 13.8. The summed E-state index contributed by atoms with van der Waals surface area (Å²) >= 11 is 6.65. The van der Waals surface area contributed by atoms with E-state index in [0.717, 1.165) is 42.5 Å². The molecule has 6 nitrogen and oxygen atoms in total. The number of ether oxygens (including phenoxy) is 3. The van der Waals surface area contributed by atoms with Crippen LogP contribution in [0.1, 0.15) is 61.5 Å². The third kappa shape index (κ3) is 4.87. The minimum Gasteiger partial charge on any atom is -0.493 e. The van der Waals surface area contributed by atoms with Gasteiger partial charge in [0.05, 0.1) is 14.2 Å². The van der Waals surface area contributed by atoms with E-state index in [-0.39, 0.29) is 23.8 Å². The van der Waals surface area contributed by atoms with Gasteiger partial charge in [-0.3, -0.25) is 9.59 Å². The quantitative estimate of drug-likeness (QED) is 0.466. The highest BCUT2D eigenvalue weighted by molar-refractivity contribution is 6.31. The third-order valence-corrected chi connectivity index (χ3v) is 8.14. The van der Waals surface area contributed by atoms with Crippen LogP contribution in [0.2, 0.25) is 5.02 Å². The lowest BCUT2D eigenvalue weighted by Gasteiger charge is -2.40. The summed E-state index contributed by atoms with van der Waals surface area (Å²) in [6, 6.07) is 13.2. The second-order valence-corrected chi connectivity index (χ2v) is 10.4. The van der Waals surface area contributed by atoms with Gasteiger partial charge in [-0.2, -0.15) is 0 Å². The lowest BCUT2D eigenvalue weighted by molar-refractivity contribution is -0.153. The zero-order valence-corrected chi connectivity index (χ0v) is 22.0. The number of allylic oxidation sites excluding steroid dienone is 2. The SMILES string of the molecule is C=C1NC2=C(C(=O)CC(c3ccc(OC)c(OC)c3)C2)C(c2ccccc2Cl)C1C(=O)OC1CCCC1. The van der Waals surface area contributed by atoms with E-state index in [0.29, 0.717) is 40.6 Å². The summed E-state index contributed by atoms with van der Waals surface area (Å²) in [5, 5.41) is 3.86. The molecule has 2 aromatic rings. The van der Waals surface area contributed by atoms with Crippen LogP contribution in [0.25, 0.3) is 0 Å². The molecule has 1 aliphatic heterocycles. The smallest absolute Gasteiger partial charge is 0.316 e. The predicted octanol–water partition coefficient (Wildman–Crippen LogP) is 6.06. The number of halogens is 1. The Morgan fingerprint density at radius 3 is 2.46 bits per heavy atom. The molecule has 194 valence electrons. The molecule has 5 rings (SSSR count). The van der Waals surface area contributed by atoms with Gasteiger partial charge in [-0.25, -0.2) is 0 Å². The van der Waals surface area contributed by atoms with Gasteiger partial charge in [0.1, 0.15) is 12.0 Å². The number of nitrogens with one attached hydrogen (secondary N) is 1. The van der Waals surface area contributed by atoms with Crippen LogP contribution in [0.4, 0.5) is 0 Å². The normalized spacial score (nSPS) is 23.9. The highest BCUT2D eigenvalue weighted by Gasteiger charge is 2.46. The van der Waals surface area contributed by atoms with Crippen molar-refractivity contribution in [2.75, 3.05) is 14.2 Å². The van der Waals surface area contributed by atoms with Gasteiger partial charge < -0.3 is 19.5 Å². The molecule has 3 aliphatic rings. The van der Waals surface area contributed by atoms with E-state index in [1.54, 1.807) is 20.3 Å². The van der Waals surface area contributed by atoms with Crippen molar-refractivity contribution in [3.05, 3.63) is 82.2 Å². The van der Waals surface area contributed by atoms with Gasteiger partial charge in [-0.15, -0.1) is 0 Å². The fourth-order valence-electron chi connectivity index (χ4n) is 5.98. The minimum absolute atomic E-state index is 0.00961. The zero-order chi connectivity index (χ0) is 26.1. The molecule has 0 saturated heterocycles. The maximum Gasteiger partial charge on any atom is 0.316 e. The van der Waals surface area contributed by atoms with Crippen LogP contribution in [0, 0.1) is 5.92 Å². The fraction of sp³-hybridized carbons (Fsp3) is 0.400. The van der Waals surface area contributed by atoms with Crippen molar-refractivity contribution >= 4 is 23.4 Å². The average Bonchev–Trinajstić information content (AvgIpc) is 3.40. The molecule has 1 fully saturated rings. The molecule has 0 spiro atoms. The summed E-state index contributed by atoms with van der Waals surface area (Å²) < 4.78 is 16.8. The largest absolute Gasteiger partial charge is 0.493 e. The van der Waals surface area contributed by atoms with Gasteiger partial charge in [0.2, 0.25) is 0 Å². The van der Waals surface area contributed by atoms with Crippen molar-refractivity contribution in [3.8, 4) is 11.5 Å². The minimum atomic E-state index is -0.735. The summed E-state index contributed by atoms with van der Waals surface area (Å²) in [7, 11) is 3.19.